The van der Waals surface area contributed by atoms with Crippen LogP contribution in [0.3, 0.4) is 0 Å². The number of nitrogens with one attached hydrogen (secondary N) is 1. The maximum absolute atomic E-state index is 11.2. The van der Waals surface area contributed by atoms with E-state index in [-0.39, 0.29) is 17.3 Å². The Bertz CT molecular complexity index is 221. The fraction of sp³-hybridized carbons (Fsp3) is 0.750. The maximum atomic E-state index is 11.2. The van der Waals surface area contributed by atoms with Crippen LogP contribution in [0.4, 0.5) is 0 Å². The molecule has 0 radical (unpaired) electrons. The van der Waals surface area contributed by atoms with E-state index in [9.17, 15) is 4.79 Å². The van der Waals surface area contributed by atoms with E-state index >= 15 is 0 Å². The Hall–Kier alpha value is -1.06. The molecule has 0 atom stereocenters. The molecule has 0 saturated heterocycles. The van der Waals surface area contributed by atoms with Crippen molar-refractivity contribution in [1.82, 2.24) is 5.32 Å². The van der Waals surface area contributed by atoms with Crippen LogP contribution in [-0.2, 0) is 9.53 Å². The SMILES string of the molecule is CCNC(=O)C1=NC(C)(C)CO1. The molecule has 0 saturated carbocycles. The fourth-order valence-electron chi connectivity index (χ4n) is 0.937. The molecular formula is C8H14N2O2. The Labute approximate surface area is 72.0 Å². The van der Waals surface area contributed by atoms with Gasteiger partial charge in [0.1, 0.15) is 6.61 Å². The third-order valence-electron chi connectivity index (χ3n) is 1.50. The van der Waals surface area contributed by atoms with Crippen molar-refractivity contribution in [3.05, 3.63) is 0 Å². The molecule has 0 aromatic rings. The fourth-order valence-corrected chi connectivity index (χ4v) is 0.937. The van der Waals surface area contributed by atoms with Crippen LogP contribution < -0.4 is 5.32 Å². The van der Waals surface area contributed by atoms with Crippen LogP contribution in [0.2, 0.25) is 0 Å². The second kappa shape index (κ2) is 3.13. The summed E-state index contributed by atoms with van der Waals surface area (Å²) >= 11 is 0. The highest BCUT2D eigenvalue weighted by Gasteiger charge is 2.29. The van der Waals surface area contributed by atoms with Crippen LogP contribution >= 0.6 is 0 Å². The largest absolute Gasteiger partial charge is 0.471 e. The Morgan fingerprint density at radius 2 is 2.42 bits per heavy atom. The summed E-state index contributed by atoms with van der Waals surface area (Å²) in [6.07, 6.45) is 0. The molecule has 0 aromatic heterocycles. The molecule has 0 aromatic carbocycles. The predicted molar refractivity (Wildman–Crippen MR) is 46.1 cm³/mol. The Balaban J connectivity index is 2.60. The van der Waals surface area contributed by atoms with E-state index in [4.69, 9.17) is 4.74 Å². The number of carbonyl (C=O) groups excluding carboxylic acids is 1. The molecule has 1 aliphatic heterocycles. The van der Waals surface area contributed by atoms with Gasteiger partial charge in [0, 0.05) is 6.54 Å². The molecule has 1 aliphatic rings. The highest BCUT2D eigenvalue weighted by atomic mass is 16.5. The molecule has 0 bridgehead atoms. The third-order valence-corrected chi connectivity index (χ3v) is 1.50. The van der Waals surface area contributed by atoms with Crippen molar-refractivity contribution in [2.45, 2.75) is 26.3 Å². The van der Waals surface area contributed by atoms with Crippen LogP contribution in [0.15, 0.2) is 4.99 Å². The van der Waals surface area contributed by atoms with Gasteiger partial charge >= 0.3 is 5.91 Å². The minimum Gasteiger partial charge on any atom is -0.471 e. The van der Waals surface area contributed by atoms with E-state index in [1.54, 1.807) is 0 Å². The molecule has 0 aliphatic carbocycles. The number of hydrogen-bond acceptors (Lipinski definition) is 3. The highest BCUT2D eigenvalue weighted by molar-refractivity contribution is 6.35. The average Bonchev–Trinajstić information content (AvgIpc) is 2.31. The number of carbonyl (C=O) groups is 1. The highest BCUT2D eigenvalue weighted by Crippen LogP contribution is 2.16. The maximum Gasteiger partial charge on any atom is 0.306 e. The second-order valence-corrected chi connectivity index (χ2v) is 3.38. The van der Waals surface area contributed by atoms with E-state index in [1.807, 2.05) is 20.8 Å². The zero-order valence-corrected chi connectivity index (χ0v) is 7.68. The first kappa shape index (κ1) is 9.03. The molecule has 4 nitrogen and oxygen atoms in total. The lowest BCUT2D eigenvalue weighted by atomic mass is 10.1. The summed E-state index contributed by atoms with van der Waals surface area (Å²) in [6.45, 7) is 6.80. The molecular weight excluding hydrogens is 156 g/mol. The normalized spacial score (nSPS) is 19.8. The summed E-state index contributed by atoms with van der Waals surface area (Å²) in [6, 6.07) is 0. The van der Waals surface area contributed by atoms with Crippen LogP contribution in [0, 0.1) is 0 Å². The molecule has 1 heterocycles. The van der Waals surface area contributed by atoms with Gasteiger partial charge in [-0.15, -0.1) is 0 Å². The van der Waals surface area contributed by atoms with Gasteiger partial charge in [0.25, 0.3) is 5.90 Å². The van der Waals surface area contributed by atoms with Gasteiger partial charge in [0.15, 0.2) is 0 Å². The first-order valence-corrected chi connectivity index (χ1v) is 4.06. The average molecular weight is 170 g/mol. The molecule has 12 heavy (non-hydrogen) atoms. The van der Waals surface area contributed by atoms with E-state index in [2.05, 4.69) is 10.3 Å². The molecule has 0 fully saturated rings. The van der Waals surface area contributed by atoms with Gasteiger partial charge in [-0.05, 0) is 20.8 Å². The van der Waals surface area contributed by atoms with Crippen molar-refractivity contribution in [3.8, 4) is 0 Å². The van der Waals surface area contributed by atoms with E-state index in [0.29, 0.717) is 13.2 Å². The lowest BCUT2D eigenvalue weighted by Gasteiger charge is -2.07. The quantitative estimate of drug-likeness (QED) is 0.649. The van der Waals surface area contributed by atoms with Gasteiger partial charge in [-0.2, -0.15) is 0 Å². The zero-order valence-electron chi connectivity index (χ0n) is 7.68. The van der Waals surface area contributed by atoms with E-state index in [1.165, 1.54) is 0 Å². The number of likely N-dealkylation sites (N-methyl/N-ethyl adjacent to an activating group) is 1. The van der Waals surface area contributed by atoms with Gasteiger partial charge < -0.3 is 10.1 Å². The third kappa shape index (κ3) is 1.96. The van der Waals surface area contributed by atoms with Gasteiger partial charge in [-0.3, -0.25) is 4.79 Å². The number of ether oxygens (including phenoxy) is 1. The Kier molecular flexibility index (Phi) is 2.35. The monoisotopic (exact) mass is 170 g/mol. The number of aliphatic imine (C=N–C) groups is 1. The molecule has 1 rings (SSSR count). The predicted octanol–water partition coefficient (Wildman–Crippen LogP) is 0.330. The first-order chi connectivity index (χ1) is 5.55. The van der Waals surface area contributed by atoms with E-state index in [0.717, 1.165) is 0 Å². The van der Waals surface area contributed by atoms with Gasteiger partial charge in [0.05, 0.1) is 5.54 Å². The summed E-state index contributed by atoms with van der Waals surface area (Å²) in [5.74, 6) is -0.00933. The summed E-state index contributed by atoms with van der Waals surface area (Å²) in [5, 5.41) is 2.63. The Morgan fingerprint density at radius 3 is 2.83 bits per heavy atom. The van der Waals surface area contributed by atoms with Crippen molar-refractivity contribution >= 4 is 11.8 Å². The first-order valence-electron chi connectivity index (χ1n) is 4.06. The van der Waals surface area contributed by atoms with Crippen molar-refractivity contribution in [1.29, 1.82) is 0 Å². The topological polar surface area (TPSA) is 50.7 Å². The molecule has 0 spiro atoms. The van der Waals surface area contributed by atoms with Gasteiger partial charge in [0.2, 0.25) is 0 Å². The van der Waals surface area contributed by atoms with Gasteiger partial charge in [-0.1, -0.05) is 0 Å². The lowest BCUT2D eigenvalue weighted by molar-refractivity contribution is -0.115. The smallest absolute Gasteiger partial charge is 0.306 e. The molecule has 0 unspecified atom stereocenters. The van der Waals surface area contributed by atoms with Crippen molar-refractivity contribution in [3.63, 3.8) is 0 Å². The van der Waals surface area contributed by atoms with Crippen molar-refractivity contribution in [2.24, 2.45) is 4.99 Å². The lowest BCUT2D eigenvalue weighted by Crippen LogP contribution is -2.30. The molecule has 4 heteroatoms. The number of amides is 1. The van der Waals surface area contributed by atoms with Crippen molar-refractivity contribution in [2.75, 3.05) is 13.2 Å². The number of nitrogens with zero attached hydrogens (tertiary/aromatic N) is 1. The summed E-state index contributed by atoms with van der Waals surface area (Å²) in [7, 11) is 0. The minimum absolute atomic E-state index is 0.210. The molecule has 1 amide bonds. The van der Waals surface area contributed by atoms with Crippen molar-refractivity contribution < 1.29 is 9.53 Å². The summed E-state index contributed by atoms with van der Waals surface area (Å²) < 4.78 is 5.12. The van der Waals surface area contributed by atoms with E-state index < -0.39 is 0 Å². The number of rotatable bonds is 2. The summed E-state index contributed by atoms with van der Waals surface area (Å²) in [4.78, 5) is 15.3. The minimum atomic E-state index is -0.250. The molecule has 68 valence electrons. The molecule has 1 N–H and O–H groups in total. The zero-order chi connectivity index (χ0) is 9.19. The number of hydrogen-bond donors (Lipinski definition) is 1. The van der Waals surface area contributed by atoms with Gasteiger partial charge in [-0.25, -0.2) is 4.99 Å². The van der Waals surface area contributed by atoms with Crippen LogP contribution in [-0.4, -0.2) is 30.5 Å². The van der Waals surface area contributed by atoms with Crippen LogP contribution in [0.1, 0.15) is 20.8 Å². The summed E-state index contributed by atoms with van der Waals surface area (Å²) in [5.41, 5.74) is -0.250. The van der Waals surface area contributed by atoms with Crippen LogP contribution in [0.5, 0.6) is 0 Å². The standard InChI is InChI=1S/C8H14N2O2/c1-4-9-6(11)7-10-8(2,3)5-12-7/h4-5H2,1-3H3,(H,9,11). The van der Waals surface area contributed by atoms with Crippen LogP contribution in [0.25, 0.3) is 0 Å². The Morgan fingerprint density at radius 1 is 1.75 bits per heavy atom. The second-order valence-electron chi connectivity index (χ2n) is 3.38.